The molecule has 2 nitrogen and oxygen atoms in total. The second kappa shape index (κ2) is 9.78. The molecule has 0 aromatic carbocycles. The van der Waals surface area contributed by atoms with Gasteiger partial charge in [-0.05, 0) is 37.0 Å². The van der Waals surface area contributed by atoms with Gasteiger partial charge in [-0.25, -0.2) is 0 Å². The van der Waals surface area contributed by atoms with Crippen molar-refractivity contribution in [2.45, 2.75) is 86.9 Å². The van der Waals surface area contributed by atoms with E-state index in [-0.39, 0.29) is 5.41 Å². The first-order valence-electron chi connectivity index (χ1n) is 8.57. The molecule has 20 heavy (non-hydrogen) atoms. The zero-order valence-corrected chi connectivity index (χ0v) is 14.9. The second-order valence-electron chi connectivity index (χ2n) is 7.31. The van der Waals surface area contributed by atoms with E-state index in [4.69, 9.17) is 4.74 Å². The first-order chi connectivity index (χ1) is 9.27. The van der Waals surface area contributed by atoms with Crippen LogP contribution in [0, 0.1) is 23.2 Å². The quantitative estimate of drug-likeness (QED) is 0.415. The minimum atomic E-state index is -0.647. The predicted molar refractivity (Wildman–Crippen MR) is 87.7 cm³/mol. The summed E-state index contributed by atoms with van der Waals surface area (Å²) < 4.78 is 5.76. The molecule has 2 heteroatoms. The largest absolute Gasteiger partial charge is 0.367 e. The van der Waals surface area contributed by atoms with E-state index in [2.05, 4.69) is 48.5 Å². The Labute approximate surface area is 127 Å². The van der Waals surface area contributed by atoms with Crippen molar-refractivity contribution in [1.82, 2.24) is 0 Å². The average Bonchev–Trinajstić information content (AvgIpc) is 2.37. The van der Waals surface area contributed by atoms with Gasteiger partial charge in [0.15, 0.2) is 6.29 Å². The fourth-order valence-corrected chi connectivity index (χ4v) is 2.96. The summed E-state index contributed by atoms with van der Waals surface area (Å²) in [5.74, 6) is 1.80. The van der Waals surface area contributed by atoms with Crippen molar-refractivity contribution < 1.29 is 9.84 Å². The summed E-state index contributed by atoms with van der Waals surface area (Å²) in [6.07, 6.45) is 5.11. The topological polar surface area (TPSA) is 29.5 Å². The highest BCUT2D eigenvalue weighted by Crippen LogP contribution is 2.38. The predicted octanol–water partition coefficient (Wildman–Crippen LogP) is 5.25. The Balaban J connectivity index is 4.24. The van der Waals surface area contributed by atoms with Crippen LogP contribution in [0.25, 0.3) is 0 Å². The highest BCUT2D eigenvalue weighted by atomic mass is 16.6. The van der Waals surface area contributed by atoms with Gasteiger partial charge in [-0.2, -0.15) is 0 Å². The van der Waals surface area contributed by atoms with Gasteiger partial charge in [0, 0.05) is 12.0 Å². The van der Waals surface area contributed by atoms with Gasteiger partial charge in [0.2, 0.25) is 0 Å². The van der Waals surface area contributed by atoms with E-state index in [9.17, 15) is 5.11 Å². The number of rotatable bonds is 11. The van der Waals surface area contributed by atoms with E-state index < -0.39 is 6.29 Å². The lowest BCUT2D eigenvalue weighted by molar-refractivity contribution is -0.190. The number of aliphatic hydroxyl groups is 1. The molecule has 0 heterocycles. The monoisotopic (exact) mass is 286 g/mol. The Bertz CT molecular complexity index is 234. The second-order valence-corrected chi connectivity index (χ2v) is 7.31. The average molecular weight is 287 g/mol. The molecule has 1 N–H and O–H groups in total. The summed E-state index contributed by atoms with van der Waals surface area (Å²) in [6.45, 7) is 16.1. The molecule has 0 rings (SSSR count). The van der Waals surface area contributed by atoms with Crippen LogP contribution in [0.3, 0.4) is 0 Å². The maximum Gasteiger partial charge on any atom is 0.160 e. The molecule has 2 atom stereocenters. The Kier molecular flexibility index (Phi) is 9.74. The van der Waals surface area contributed by atoms with Crippen molar-refractivity contribution in [2.24, 2.45) is 23.2 Å². The van der Waals surface area contributed by atoms with Crippen LogP contribution in [0.2, 0.25) is 0 Å². The van der Waals surface area contributed by atoms with E-state index in [0.29, 0.717) is 18.4 Å². The summed E-state index contributed by atoms with van der Waals surface area (Å²) in [5, 5.41) is 10.4. The summed E-state index contributed by atoms with van der Waals surface area (Å²) in [4.78, 5) is 0. The Morgan fingerprint density at radius 3 is 2.00 bits per heavy atom. The van der Waals surface area contributed by atoms with Crippen molar-refractivity contribution in [3.05, 3.63) is 0 Å². The van der Waals surface area contributed by atoms with Crippen molar-refractivity contribution in [2.75, 3.05) is 6.61 Å². The fourth-order valence-electron chi connectivity index (χ4n) is 2.96. The van der Waals surface area contributed by atoms with Crippen LogP contribution < -0.4 is 0 Å². The third kappa shape index (κ3) is 6.58. The van der Waals surface area contributed by atoms with Crippen molar-refractivity contribution >= 4 is 0 Å². The minimum Gasteiger partial charge on any atom is -0.367 e. The summed E-state index contributed by atoms with van der Waals surface area (Å²) >= 11 is 0. The zero-order valence-electron chi connectivity index (χ0n) is 14.9. The van der Waals surface area contributed by atoms with Gasteiger partial charge in [0.1, 0.15) is 0 Å². The number of hydrogen-bond donors (Lipinski definition) is 1. The highest BCUT2D eigenvalue weighted by molar-refractivity contribution is 4.82. The van der Waals surface area contributed by atoms with Crippen molar-refractivity contribution in [3.63, 3.8) is 0 Å². The molecule has 0 radical (unpaired) electrons. The van der Waals surface area contributed by atoms with Gasteiger partial charge in [-0.3, -0.25) is 0 Å². The summed E-state index contributed by atoms with van der Waals surface area (Å²) in [5.41, 5.74) is -0.150. The van der Waals surface area contributed by atoms with Crippen LogP contribution in [0.1, 0.15) is 80.6 Å². The van der Waals surface area contributed by atoms with Gasteiger partial charge in [-0.1, -0.05) is 61.3 Å². The van der Waals surface area contributed by atoms with E-state index in [1.165, 1.54) is 19.3 Å². The number of aliphatic hydroxyl groups excluding tert-OH is 1. The maximum atomic E-state index is 10.4. The van der Waals surface area contributed by atoms with Crippen LogP contribution >= 0.6 is 0 Å². The number of ether oxygens (including phenoxy) is 1. The lowest BCUT2D eigenvalue weighted by Gasteiger charge is -2.39. The normalized spacial score (nSPS) is 16.9. The maximum absolute atomic E-state index is 10.4. The molecule has 122 valence electrons. The first-order valence-corrected chi connectivity index (χ1v) is 8.57. The Hall–Kier alpha value is -0.0800. The van der Waals surface area contributed by atoms with Gasteiger partial charge in [-0.15, -0.1) is 0 Å². The van der Waals surface area contributed by atoms with Crippen molar-refractivity contribution in [1.29, 1.82) is 0 Å². The van der Waals surface area contributed by atoms with Gasteiger partial charge in [0.25, 0.3) is 0 Å². The first kappa shape index (κ1) is 19.9. The van der Waals surface area contributed by atoms with Gasteiger partial charge >= 0.3 is 0 Å². The zero-order chi connectivity index (χ0) is 15.8. The third-order valence-corrected chi connectivity index (χ3v) is 4.92. The third-order valence-electron chi connectivity index (χ3n) is 4.92. The molecule has 0 aliphatic carbocycles. The van der Waals surface area contributed by atoms with Crippen LogP contribution in [0.5, 0.6) is 0 Å². The minimum absolute atomic E-state index is 0.150. The Morgan fingerprint density at radius 1 is 1.05 bits per heavy atom. The van der Waals surface area contributed by atoms with Gasteiger partial charge in [0.05, 0.1) is 0 Å². The van der Waals surface area contributed by atoms with Crippen LogP contribution in [0.15, 0.2) is 0 Å². The van der Waals surface area contributed by atoms with E-state index in [0.717, 1.165) is 18.8 Å². The molecular weight excluding hydrogens is 248 g/mol. The highest BCUT2D eigenvalue weighted by Gasteiger charge is 2.37. The molecule has 0 saturated heterocycles. The molecule has 2 unspecified atom stereocenters. The Morgan fingerprint density at radius 2 is 1.60 bits per heavy atom. The molecule has 0 spiro atoms. The molecule has 0 aliphatic rings. The molecule has 0 fully saturated rings. The van der Waals surface area contributed by atoms with E-state index >= 15 is 0 Å². The fraction of sp³-hybridized carbons (Fsp3) is 1.00. The number of hydrogen-bond acceptors (Lipinski definition) is 2. The van der Waals surface area contributed by atoms with Gasteiger partial charge < -0.3 is 9.84 Å². The molecule has 0 aromatic heterocycles. The summed E-state index contributed by atoms with van der Waals surface area (Å²) in [7, 11) is 0. The molecular formula is C18H38O2. The lowest BCUT2D eigenvalue weighted by Crippen LogP contribution is -2.40. The van der Waals surface area contributed by atoms with E-state index in [1.807, 2.05) is 0 Å². The van der Waals surface area contributed by atoms with Crippen LogP contribution in [-0.2, 0) is 4.74 Å². The molecule has 0 aromatic rings. The van der Waals surface area contributed by atoms with Crippen LogP contribution in [0.4, 0.5) is 0 Å². The molecule has 0 amide bonds. The summed E-state index contributed by atoms with van der Waals surface area (Å²) in [6, 6.07) is 0. The lowest BCUT2D eigenvalue weighted by atomic mass is 9.72. The van der Waals surface area contributed by atoms with Crippen LogP contribution in [-0.4, -0.2) is 18.0 Å². The van der Waals surface area contributed by atoms with E-state index in [1.54, 1.807) is 0 Å². The SMILES string of the molecule is CCC(CC)CCCOC(O)C(C)(CC(C)C)C(C)C. The molecule has 0 saturated carbocycles. The van der Waals surface area contributed by atoms with Crippen molar-refractivity contribution in [3.8, 4) is 0 Å². The smallest absolute Gasteiger partial charge is 0.160 e. The molecule has 0 bridgehead atoms. The standard InChI is InChI=1S/C18H38O2/c1-8-16(9-2)11-10-12-20-17(19)18(7,15(5)6)13-14(3)4/h14-17,19H,8-13H2,1-7H3. The molecule has 0 aliphatic heterocycles.